The van der Waals surface area contributed by atoms with Gasteiger partial charge in [0.15, 0.2) is 0 Å². The van der Waals surface area contributed by atoms with Crippen LogP contribution in [0.2, 0.25) is 0 Å². The molecule has 0 unspecified atom stereocenters. The highest BCUT2D eigenvalue weighted by Crippen LogP contribution is 2.24. The lowest BCUT2D eigenvalue weighted by Crippen LogP contribution is -2.38. The normalized spacial score (nSPS) is 19.4. The molecule has 0 saturated carbocycles. The Morgan fingerprint density at radius 2 is 2.24 bits per heavy atom. The number of pyridine rings is 1. The molecule has 2 heterocycles. The van der Waals surface area contributed by atoms with Crippen LogP contribution in [0.4, 0.5) is 0 Å². The second-order valence-corrected chi connectivity index (χ2v) is 7.81. The molecule has 2 atom stereocenters. The van der Waals surface area contributed by atoms with Gasteiger partial charge in [0.25, 0.3) is 0 Å². The van der Waals surface area contributed by atoms with Crippen LogP contribution in [0, 0.1) is 5.41 Å². The van der Waals surface area contributed by atoms with E-state index in [0.717, 1.165) is 30.7 Å². The Hall–Kier alpha value is -1.88. The summed E-state index contributed by atoms with van der Waals surface area (Å²) in [7, 11) is 1.96. The summed E-state index contributed by atoms with van der Waals surface area (Å²) in [6.45, 7) is 9.42. The molecule has 1 fully saturated rings. The van der Waals surface area contributed by atoms with Crippen molar-refractivity contribution in [3.05, 3.63) is 30.1 Å². The molecule has 0 aromatic carbocycles. The van der Waals surface area contributed by atoms with E-state index in [0.29, 0.717) is 12.6 Å². The summed E-state index contributed by atoms with van der Waals surface area (Å²) in [5, 5.41) is 3.21. The molecule has 1 N–H and O–H groups in total. The predicted octanol–water partition coefficient (Wildman–Crippen LogP) is 3.12. The lowest BCUT2D eigenvalue weighted by Gasteiger charge is -2.25. The van der Waals surface area contributed by atoms with Gasteiger partial charge in [0.2, 0.25) is 5.91 Å². The first kappa shape index (κ1) is 19.4. The summed E-state index contributed by atoms with van der Waals surface area (Å²) >= 11 is 0. The maximum atomic E-state index is 12.4. The van der Waals surface area contributed by atoms with Crippen molar-refractivity contribution in [3.63, 3.8) is 0 Å². The molecular weight excluding hydrogens is 314 g/mol. The van der Waals surface area contributed by atoms with Crippen molar-refractivity contribution in [1.29, 1.82) is 0 Å². The number of aromatic nitrogens is 1. The summed E-state index contributed by atoms with van der Waals surface area (Å²) in [4.78, 5) is 18.5. The topological polar surface area (TPSA) is 54.5 Å². The number of hydrogen-bond donors (Lipinski definition) is 1. The van der Waals surface area contributed by atoms with Crippen molar-refractivity contribution in [2.45, 2.75) is 52.7 Å². The molecule has 25 heavy (non-hydrogen) atoms. The van der Waals surface area contributed by atoms with Gasteiger partial charge in [0, 0.05) is 30.6 Å². The smallest absolute Gasteiger partial charge is 0.228 e. The maximum absolute atomic E-state index is 12.4. The number of hydrogen-bond acceptors (Lipinski definition) is 4. The molecule has 5 nitrogen and oxygen atoms in total. The largest absolute Gasteiger partial charge is 0.487 e. The van der Waals surface area contributed by atoms with Crippen LogP contribution >= 0.6 is 0 Å². The van der Waals surface area contributed by atoms with Crippen molar-refractivity contribution in [3.8, 4) is 5.75 Å². The number of amides is 1. The van der Waals surface area contributed by atoms with Gasteiger partial charge in [-0.25, -0.2) is 0 Å². The second kappa shape index (κ2) is 8.48. The summed E-state index contributed by atoms with van der Waals surface area (Å²) < 4.78 is 6.06. The van der Waals surface area contributed by atoms with Gasteiger partial charge in [-0.1, -0.05) is 32.9 Å². The van der Waals surface area contributed by atoms with Crippen LogP contribution in [0.15, 0.2) is 24.5 Å². The molecule has 5 heteroatoms. The van der Waals surface area contributed by atoms with Crippen LogP contribution in [0.5, 0.6) is 5.75 Å². The highest BCUT2D eigenvalue weighted by atomic mass is 16.5. The maximum Gasteiger partial charge on any atom is 0.228 e. The predicted molar refractivity (Wildman–Crippen MR) is 101 cm³/mol. The Labute approximate surface area is 151 Å². The SMILES string of the molecule is CN[C@@H](C)CC=Cc1cncc(O[C@H]2CCN(C(=O)C(C)(C)C)C2)c1. The van der Waals surface area contributed by atoms with E-state index in [1.165, 1.54) is 0 Å². The zero-order valence-corrected chi connectivity index (χ0v) is 16.1. The minimum absolute atomic E-state index is 0.0386. The van der Waals surface area contributed by atoms with E-state index in [9.17, 15) is 4.79 Å². The number of carbonyl (C=O) groups excluding carboxylic acids is 1. The van der Waals surface area contributed by atoms with Crippen LogP contribution in [-0.4, -0.2) is 48.1 Å². The van der Waals surface area contributed by atoms with E-state index in [4.69, 9.17) is 4.74 Å². The molecule has 0 bridgehead atoms. The number of rotatable bonds is 6. The molecule has 1 aliphatic heterocycles. The molecule has 1 aromatic heterocycles. The molecule has 2 rings (SSSR count). The Kier molecular flexibility index (Phi) is 6.59. The van der Waals surface area contributed by atoms with Gasteiger partial charge in [-0.15, -0.1) is 0 Å². The zero-order valence-electron chi connectivity index (χ0n) is 16.1. The van der Waals surface area contributed by atoms with Gasteiger partial charge in [-0.2, -0.15) is 0 Å². The summed E-state index contributed by atoms with van der Waals surface area (Å²) in [6.07, 6.45) is 9.64. The van der Waals surface area contributed by atoms with Crippen LogP contribution in [0.3, 0.4) is 0 Å². The molecule has 0 radical (unpaired) electrons. The number of nitrogens with zero attached hydrogens (tertiary/aromatic N) is 2. The molecule has 0 aliphatic carbocycles. The average Bonchev–Trinajstić information content (AvgIpc) is 3.01. The Bertz CT molecular complexity index is 607. The fraction of sp³-hybridized carbons (Fsp3) is 0.600. The highest BCUT2D eigenvalue weighted by molar-refractivity contribution is 5.81. The first-order valence-electron chi connectivity index (χ1n) is 9.04. The van der Waals surface area contributed by atoms with Crippen molar-refractivity contribution < 1.29 is 9.53 Å². The zero-order chi connectivity index (χ0) is 18.4. The van der Waals surface area contributed by atoms with Crippen molar-refractivity contribution in [2.75, 3.05) is 20.1 Å². The standard InChI is InChI=1S/C20H31N3O2/c1-15(21-5)7-6-8-16-11-18(13-22-12-16)25-17-9-10-23(14-17)19(24)20(2,3)4/h6,8,11-13,15,17,21H,7,9-10,14H2,1-5H3/t15-,17-/m0/s1. The molecule has 138 valence electrons. The van der Waals surface area contributed by atoms with Crippen molar-refractivity contribution in [2.24, 2.45) is 5.41 Å². The fourth-order valence-corrected chi connectivity index (χ4v) is 2.79. The molecule has 1 aliphatic rings. The number of carbonyl (C=O) groups is 1. The van der Waals surface area contributed by atoms with E-state index >= 15 is 0 Å². The summed E-state index contributed by atoms with van der Waals surface area (Å²) in [5.41, 5.74) is 0.687. The van der Waals surface area contributed by atoms with Crippen LogP contribution in [-0.2, 0) is 4.79 Å². The summed E-state index contributed by atoms with van der Waals surface area (Å²) in [5.74, 6) is 0.950. The Morgan fingerprint density at radius 3 is 2.92 bits per heavy atom. The first-order valence-corrected chi connectivity index (χ1v) is 9.04. The van der Waals surface area contributed by atoms with Gasteiger partial charge in [-0.3, -0.25) is 9.78 Å². The van der Waals surface area contributed by atoms with Crippen LogP contribution < -0.4 is 10.1 Å². The molecular formula is C20H31N3O2. The minimum Gasteiger partial charge on any atom is -0.487 e. The van der Waals surface area contributed by atoms with Crippen LogP contribution in [0.25, 0.3) is 6.08 Å². The Morgan fingerprint density at radius 1 is 1.48 bits per heavy atom. The lowest BCUT2D eigenvalue weighted by molar-refractivity contribution is -0.138. The van der Waals surface area contributed by atoms with E-state index in [1.807, 2.05) is 45.0 Å². The van der Waals surface area contributed by atoms with Gasteiger partial charge < -0.3 is 15.0 Å². The van der Waals surface area contributed by atoms with Crippen molar-refractivity contribution >= 4 is 12.0 Å². The van der Waals surface area contributed by atoms with Gasteiger partial charge in [0.05, 0.1) is 12.7 Å². The quantitative estimate of drug-likeness (QED) is 0.861. The first-order chi connectivity index (χ1) is 11.8. The second-order valence-electron chi connectivity index (χ2n) is 7.81. The van der Waals surface area contributed by atoms with Crippen molar-refractivity contribution in [1.82, 2.24) is 15.2 Å². The van der Waals surface area contributed by atoms with E-state index < -0.39 is 0 Å². The average molecular weight is 345 g/mol. The van der Waals surface area contributed by atoms with E-state index in [1.54, 1.807) is 6.20 Å². The monoisotopic (exact) mass is 345 g/mol. The van der Waals surface area contributed by atoms with Gasteiger partial charge >= 0.3 is 0 Å². The third kappa shape index (κ3) is 5.85. The third-order valence-electron chi connectivity index (χ3n) is 4.40. The third-order valence-corrected chi connectivity index (χ3v) is 4.40. The van der Waals surface area contributed by atoms with Crippen LogP contribution in [0.1, 0.15) is 46.1 Å². The van der Waals surface area contributed by atoms with Gasteiger partial charge in [0.1, 0.15) is 11.9 Å². The molecule has 1 aromatic rings. The fourth-order valence-electron chi connectivity index (χ4n) is 2.79. The summed E-state index contributed by atoms with van der Waals surface area (Å²) in [6, 6.07) is 2.45. The molecule has 0 spiro atoms. The van der Waals surface area contributed by atoms with E-state index in [-0.39, 0.29) is 17.4 Å². The highest BCUT2D eigenvalue weighted by Gasteiger charge is 2.33. The van der Waals surface area contributed by atoms with Gasteiger partial charge in [-0.05, 0) is 32.0 Å². The number of likely N-dealkylation sites (tertiary alicyclic amines) is 1. The molecule has 1 amide bonds. The van der Waals surface area contributed by atoms with E-state index in [2.05, 4.69) is 29.4 Å². The number of nitrogens with one attached hydrogen (secondary N) is 1. The molecule has 1 saturated heterocycles. The lowest BCUT2D eigenvalue weighted by atomic mass is 9.95. The minimum atomic E-state index is -0.342. The number of ether oxygens (including phenoxy) is 1. The Balaban J connectivity index is 1.91.